The first kappa shape index (κ1) is 12.7. The molecule has 0 aromatic rings. The Morgan fingerprint density at radius 2 is 1.88 bits per heavy atom. The summed E-state index contributed by atoms with van der Waals surface area (Å²) in [6, 6.07) is 0. The Labute approximate surface area is 94.4 Å². The molecular formula is C12H16O4. The van der Waals surface area contributed by atoms with Crippen molar-refractivity contribution in [3.8, 4) is 0 Å². The second-order valence-electron chi connectivity index (χ2n) is 4.70. The molecule has 0 radical (unpaired) electrons. The molecule has 0 aliphatic heterocycles. The molecule has 0 heterocycles. The van der Waals surface area contributed by atoms with Crippen molar-refractivity contribution in [2.24, 2.45) is 11.3 Å². The fourth-order valence-electron chi connectivity index (χ4n) is 1.84. The van der Waals surface area contributed by atoms with Gasteiger partial charge in [0.15, 0.2) is 23.1 Å². The average molecular weight is 224 g/mol. The first-order chi connectivity index (χ1) is 7.32. The van der Waals surface area contributed by atoms with Gasteiger partial charge in [0, 0.05) is 6.42 Å². The number of rotatable bonds is 3. The van der Waals surface area contributed by atoms with Gasteiger partial charge in [-0.15, -0.1) is 0 Å². The number of hydrogen-bond acceptors (Lipinski definition) is 4. The van der Waals surface area contributed by atoms with Crippen molar-refractivity contribution >= 4 is 23.1 Å². The van der Waals surface area contributed by atoms with Crippen LogP contribution in [0.2, 0.25) is 0 Å². The summed E-state index contributed by atoms with van der Waals surface area (Å²) in [7, 11) is 0. The molecule has 1 saturated carbocycles. The van der Waals surface area contributed by atoms with Crippen LogP contribution in [0.15, 0.2) is 0 Å². The fourth-order valence-corrected chi connectivity index (χ4v) is 1.84. The molecule has 0 spiro atoms. The summed E-state index contributed by atoms with van der Waals surface area (Å²) in [4.78, 5) is 46.6. The van der Waals surface area contributed by atoms with E-state index >= 15 is 0 Å². The van der Waals surface area contributed by atoms with Crippen molar-refractivity contribution in [1.29, 1.82) is 0 Å². The lowest BCUT2D eigenvalue weighted by molar-refractivity contribution is -0.153. The zero-order valence-electron chi connectivity index (χ0n) is 9.83. The third-order valence-corrected chi connectivity index (χ3v) is 3.05. The highest BCUT2D eigenvalue weighted by Gasteiger charge is 2.50. The van der Waals surface area contributed by atoms with Gasteiger partial charge >= 0.3 is 0 Å². The molecule has 0 aromatic heterocycles. The average Bonchev–Trinajstić information content (AvgIpc) is 2.16. The minimum atomic E-state index is -1.20. The van der Waals surface area contributed by atoms with E-state index in [2.05, 4.69) is 0 Å². The quantitative estimate of drug-likeness (QED) is 0.673. The summed E-state index contributed by atoms with van der Waals surface area (Å²) in [6.45, 7) is 4.78. The van der Waals surface area contributed by atoms with Crippen LogP contribution in [0.3, 0.4) is 0 Å². The minimum Gasteiger partial charge on any atom is -0.298 e. The first-order valence-corrected chi connectivity index (χ1v) is 5.45. The highest BCUT2D eigenvalue weighted by atomic mass is 16.2. The second kappa shape index (κ2) is 4.28. The third-order valence-electron chi connectivity index (χ3n) is 3.05. The lowest BCUT2D eigenvalue weighted by atomic mass is 9.68. The Morgan fingerprint density at radius 3 is 2.38 bits per heavy atom. The summed E-state index contributed by atoms with van der Waals surface area (Å²) >= 11 is 0. The molecule has 1 rings (SSSR count). The van der Waals surface area contributed by atoms with Gasteiger partial charge in [-0.3, -0.25) is 19.2 Å². The molecule has 0 saturated heterocycles. The molecule has 1 aliphatic carbocycles. The molecule has 0 N–H and O–H groups in total. The molecule has 0 aromatic carbocycles. The number of Topliss-reactive ketones (excluding diaryl/α,β-unsaturated/α-hetero) is 4. The maximum absolute atomic E-state index is 11.9. The van der Waals surface area contributed by atoms with Gasteiger partial charge in [0.25, 0.3) is 0 Å². The van der Waals surface area contributed by atoms with Crippen molar-refractivity contribution < 1.29 is 19.2 Å². The number of hydrogen-bond donors (Lipinski definition) is 0. The summed E-state index contributed by atoms with van der Waals surface area (Å²) in [5.41, 5.74) is -1.19. The minimum absolute atomic E-state index is 0.215. The molecule has 0 amide bonds. The van der Waals surface area contributed by atoms with E-state index in [-0.39, 0.29) is 24.4 Å². The van der Waals surface area contributed by atoms with Crippen molar-refractivity contribution in [1.82, 2.24) is 0 Å². The summed E-state index contributed by atoms with van der Waals surface area (Å²) in [5, 5.41) is 0. The fraction of sp³-hybridized carbons (Fsp3) is 0.667. The van der Waals surface area contributed by atoms with E-state index in [0.717, 1.165) is 0 Å². The van der Waals surface area contributed by atoms with Crippen molar-refractivity contribution in [2.75, 3.05) is 0 Å². The van der Waals surface area contributed by atoms with Gasteiger partial charge in [-0.25, -0.2) is 0 Å². The van der Waals surface area contributed by atoms with Gasteiger partial charge in [-0.1, -0.05) is 6.92 Å². The number of carbonyl (C=O) groups is 4. The van der Waals surface area contributed by atoms with Crippen LogP contribution in [0.25, 0.3) is 0 Å². The van der Waals surface area contributed by atoms with Crippen LogP contribution in [0.4, 0.5) is 0 Å². The Morgan fingerprint density at radius 1 is 1.31 bits per heavy atom. The van der Waals surface area contributed by atoms with E-state index in [9.17, 15) is 19.2 Å². The zero-order chi connectivity index (χ0) is 12.5. The maximum atomic E-state index is 11.9. The van der Waals surface area contributed by atoms with Crippen LogP contribution in [-0.4, -0.2) is 23.1 Å². The normalized spacial score (nSPS) is 24.7. The molecule has 1 atom stereocenters. The Bertz CT molecular complexity index is 365. The highest BCUT2D eigenvalue weighted by molar-refractivity contribution is 6.32. The van der Waals surface area contributed by atoms with E-state index in [0.29, 0.717) is 6.42 Å². The van der Waals surface area contributed by atoms with Crippen molar-refractivity contribution in [3.63, 3.8) is 0 Å². The molecule has 4 heteroatoms. The number of carbonyl (C=O) groups excluding carboxylic acids is 4. The molecule has 0 bridgehead atoms. The maximum Gasteiger partial charge on any atom is 0.163 e. The molecule has 1 unspecified atom stereocenters. The lowest BCUT2D eigenvalue weighted by Gasteiger charge is -2.30. The molecule has 1 fully saturated rings. The van der Waals surface area contributed by atoms with Crippen LogP contribution in [0.5, 0.6) is 0 Å². The Hall–Kier alpha value is -1.32. The Balaban J connectivity index is 3.02. The van der Waals surface area contributed by atoms with Crippen molar-refractivity contribution in [3.05, 3.63) is 0 Å². The molecule has 88 valence electrons. The van der Waals surface area contributed by atoms with Crippen LogP contribution in [-0.2, 0) is 19.2 Å². The van der Waals surface area contributed by atoms with E-state index < -0.39 is 22.9 Å². The van der Waals surface area contributed by atoms with E-state index in [1.807, 2.05) is 6.92 Å². The van der Waals surface area contributed by atoms with Crippen LogP contribution >= 0.6 is 0 Å². The predicted molar refractivity (Wildman–Crippen MR) is 56.8 cm³/mol. The van der Waals surface area contributed by atoms with Gasteiger partial charge in [0.1, 0.15) is 5.92 Å². The highest BCUT2D eigenvalue weighted by Crippen LogP contribution is 2.31. The predicted octanol–water partition coefficient (Wildman–Crippen LogP) is 1.11. The van der Waals surface area contributed by atoms with Gasteiger partial charge < -0.3 is 0 Å². The first-order valence-electron chi connectivity index (χ1n) is 5.45. The monoisotopic (exact) mass is 224 g/mol. The molecule has 1 aliphatic rings. The zero-order valence-corrected chi connectivity index (χ0v) is 9.83. The van der Waals surface area contributed by atoms with E-state index in [4.69, 9.17) is 0 Å². The summed E-state index contributed by atoms with van der Waals surface area (Å²) in [6.07, 6.45) is 0.523. The smallest absolute Gasteiger partial charge is 0.163 e. The molecular weight excluding hydrogens is 208 g/mol. The van der Waals surface area contributed by atoms with Gasteiger partial charge in [-0.2, -0.15) is 0 Å². The van der Waals surface area contributed by atoms with Crippen LogP contribution < -0.4 is 0 Å². The van der Waals surface area contributed by atoms with Gasteiger partial charge in [0.05, 0.1) is 11.8 Å². The lowest BCUT2D eigenvalue weighted by Crippen LogP contribution is -2.50. The topological polar surface area (TPSA) is 68.3 Å². The standard InChI is InChI=1S/C12H16O4/c1-4-5-7(13)10-8(14)6-9(15)12(2,3)11(10)16/h10H,4-6H2,1-3H3. The summed E-state index contributed by atoms with van der Waals surface area (Å²) < 4.78 is 0. The SMILES string of the molecule is CCCC(=O)C1C(=O)CC(=O)C(C)(C)C1=O. The van der Waals surface area contributed by atoms with E-state index in [1.165, 1.54) is 13.8 Å². The summed E-state index contributed by atoms with van der Waals surface area (Å²) in [5.74, 6) is -3.01. The van der Waals surface area contributed by atoms with Gasteiger partial charge in [0.2, 0.25) is 0 Å². The second-order valence-corrected chi connectivity index (χ2v) is 4.70. The Kier molecular flexibility index (Phi) is 3.41. The van der Waals surface area contributed by atoms with E-state index in [1.54, 1.807) is 0 Å². The third kappa shape index (κ3) is 1.96. The molecule has 16 heavy (non-hydrogen) atoms. The van der Waals surface area contributed by atoms with Crippen LogP contribution in [0.1, 0.15) is 40.0 Å². The van der Waals surface area contributed by atoms with Crippen molar-refractivity contribution in [2.45, 2.75) is 40.0 Å². The van der Waals surface area contributed by atoms with Crippen LogP contribution in [0, 0.1) is 11.3 Å². The number of ketones is 4. The van der Waals surface area contributed by atoms with Gasteiger partial charge in [-0.05, 0) is 20.3 Å². The largest absolute Gasteiger partial charge is 0.298 e. The molecule has 4 nitrogen and oxygen atoms in total.